The quantitative estimate of drug-likeness (QED) is 0.212. The summed E-state index contributed by atoms with van der Waals surface area (Å²) in [6.45, 7) is 0. The van der Waals surface area contributed by atoms with Crippen molar-refractivity contribution in [2.75, 3.05) is 0 Å². The summed E-state index contributed by atoms with van der Waals surface area (Å²) in [5.41, 5.74) is 0. The first-order chi connectivity index (χ1) is 49.0. The maximum atomic E-state index is 1.25. The van der Waals surface area contributed by atoms with Crippen LogP contribution >= 0.6 is 0 Å². The van der Waals surface area contributed by atoms with Crippen LogP contribution in [0.25, 0.3) is 0 Å². The average Bonchev–Trinajstić information content (AvgIpc) is 3.85. The molecule has 0 nitrogen and oxygen atoms in total. The van der Waals surface area contributed by atoms with Crippen LogP contribution < -0.4 is 206 Å². The zero-order chi connectivity index (χ0) is 98.0. The molecule has 0 aromatic rings. The molecule has 0 aromatic carbocycles. The summed E-state index contributed by atoms with van der Waals surface area (Å²) >= 11 is 122. The predicted molar refractivity (Wildman–Crippen MR) is 609 cm³/mol. The number of hydrogen-bond donors (Lipinski definition) is 0. The van der Waals surface area contributed by atoms with Crippen molar-refractivity contribution in [2.24, 2.45) is 0 Å². The van der Waals surface area contributed by atoms with Gasteiger partial charge in [-0.15, -0.1) is 0 Å². The molecule has 0 spiro atoms. The first kappa shape index (κ1) is 442. The van der Waals surface area contributed by atoms with Crippen LogP contribution in [0.2, 0.25) is 0 Å². The van der Waals surface area contributed by atoms with Crippen molar-refractivity contribution in [3.63, 3.8) is 0 Å². The average molecular weight is 4090 g/mol. The monoisotopic (exact) mass is 4070 g/mol. The second-order valence-electron chi connectivity index (χ2n) is 0. The second kappa shape index (κ2) is 732. The third-order valence-electron chi connectivity index (χ3n) is 0. The molecule has 0 atom stereocenters. The van der Waals surface area contributed by atoms with Crippen molar-refractivity contribution in [1.29, 1.82) is 0 Å². The van der Waals surface area contributed by atoms with Crippen LogP contribution in [0.15, 0.2) is 0 Å². The Hall–Kier alpha value is 167. The van der Waals surface area contributed by atoms with Crippen LogP contribution in [0.1, 0.15) is 50.3 Å². The van der Waals surface area contributed by atoms with Gasteiger partial charge in [-0.2, -0.15) is 0 Å². The van der Waals surface area contributed by atoms with Crippen molar-refractivity contribution in [3.05, 3.63) is 0 Å². The van der Waals surface area contributed by atoms with Crippen LogP contribution in [0.5, 0.6) is 0 Å². The Kier molecular flexibility index (Phi) is 3000. The zero-order valence-electron chi connectivity index (χ0n) is 106. The molecule has 0 fully saturated rings. The predicted octanol–water partition coefficient (Wildman–Crippen LogP) is -45.0. The topological polar surface area (TPSA) is 0 Å². The van der Waals surface area contributed by atoms with Crippen LogP contribution in [-0.2, 0) is 0 Å². The minimum absolute atomic E-state index is 0. The molecule has 0 rings (SSSR count). The molecule has 0 saturated heterocycles. The molecule has 0 saturated carbocycles. The van der Waals surface area contributed by atoms with Gasteiger partial charge in [0.1, 0.15) is 0 Å². The van der Waals surface area contributed by atoms with Crippen molar-refractivity contribution in [2.45, 2.75) is 44.6 Å². The van der Waals surface area contributed by atoms with Crippen molar-refractivity contribution >= 4 is 3090 Å². The molecule has 0 aliphatic carbocycles. The van der Waals surface area contributed by atoms with Crippen LogP contribution in [0.3, 0.4) is 0 Å². The summed E-state index contributed by atoms with van der Waals surface area (Å²) in [5, 5.41) is 0. The molecule has 0 aliphatic rings. The summed E-state index contributed by atoms with van der Waals surface area (Å²) in [4.78, 5) is 0. The fraction of sp³-hybridized carbons (Fsp3) is 1.00. The van der Waals surface area contributed by atoms with E-state index in [0.717, 1.165) is 0 Å². The van der Waals surface area contributed by atoms with Crippen LogP contribution in [-0.4, -0.2) is 3090 Å². The molecule has 0 N–H and O–H groups in total. The van der Waals surface area contributed by atoms with Gasteiger partial charge in [-0.05, 0) is 0 Å². The van der Waals surface area contributed by atoms with E-state index in [1.165, 1.54) is 3090 Å². The Balaban J connectivity index is -0.00000000358. The maximum absolute atomic E-state index is 1.25. The molecular formula is C6H28K102. The first-order valence-corrected chi connectivity index (χ1v) is 833. The fourth-order valence-electron chi connectivity index (χ4n) is 0. The molecule has 0 aromatic heterocycles. The number of hydrogen-bond acceptors (Lipinski definition) is 0. The van der Waals surface area contributed by atoms with E-state index in [4.69, 9.17) is 0 Å². The summed E-state index contributed by atoms with van der Waals surface area (Å²) < 4.78 is 0. The van der Waals surface area contributed by atoms with Crippen molar-refractivity contribution in [3.8, 4) is 0 Å². The van der Waals surface area contributed by atoms with E-state index in [9.17, 15) is 0 Å². The SMILES string of the molecule is C.C.C.C.C.C.[H-].[H-].[H-].[H-].[K+].[K+].[K+].[K+].[K][K].[K][K].[K][K].[K][K].[K][K].[K][K].[K][K].[K][K].[K][K].[K][K].[K][K].[K][K].[K][K].[K][K].[K][K].[K][K].[K][K].[K][K].[K][K].[K][K].[K][K].[K][K].[K][K].[K][K].[K][K].[K][K].[K][K].[K][K].[K][K].[K][K].[K][K].[K][K].[K][K].[K][K].[K][K].[K][K].[K][K].[K][K].[K][K].[K][K].[K][K].[K][K].[K][K].[K][K].[K][K].[K][K].[K][K].[K][K].[K][K]. The van der Waals surface area contributed by atoms with Crippen LogP contribution in [0, 0.1) is 0 Å². The zero-order valence-corrected chi connectivity index (χ0v) is 421. The van der Waals surface area contributed by atoms with Gasteiger partial charge in [-0.1, -0.05) is 44.6 Å². The summed E-state index contributed by atoms with van der Waals surface area (Å²) in [5.74, 6) is 0. The second-order valence-corrected chi connectivity index (χ2v) is 0. The van der Waals surface area contributed by atoms with Gasteiger partial charge in [0.15, 0.2) is 0 Å². The van der Waals surface area contributed by atoms with E-state index in [1.807, 2.05) is 0 Å². The molecule has 0 heterocycles. The van der Waals surface area contributed by atoms with Gasteiger partial charge in [0.25, 0.3) is 0 Å². The molecule has 108 heavy (non-hydrogen) atoms. The van der Waals surface area contributed by atoms with Gasteiger partial charge in [0.2, 0.25) is 0 Å². The van der Waals surface area contributed by atoms with Gasteiger partial charge in [0, 0.05) is 0 Å². The van der Waals surface area contributed by atoms with Gasteiger partial charge < -0.3 is 5.71 Å². The molecular weight excluding hydrogens is 4060 g/mol. The van der Waals surface area contributed by atoms with Gasteiger partial charge in [-0.3, -0.25) is 0 Å². The van der Waals surface area contributed by atoms with E-state index < -0.39 is 0 Å². The first-order valence-electron chi connectivity index (χ1n) is 49.0. The molecule has 0 unspecified atom stereocenters. The fourth-order valence-corrected chi connectivity index (χ4v) is 0. The molecule has 102 heteroatoms. The van der Waals surface area contributed by atoms with Gasteiger partial charge >= 0.3 is 3300 Å². The summed E-state index contributed by atoms with van der Waals surface area (Å²) in [7, 11) is 0. The molecule has 0 radical (unpaired) electrons. The Labute approximate surface area is 3100 Å². The standard InChI is InChI=1S/6CH4.102K.4H/h6*1H4;;;;;;;;;;;;;;;;;;;;;;;;;;;;;;;;;;;;;;;;;;;;;;;;;;;;;;;;;;;;;;;;;;;;;;;;;;;;;;;;;;;;;;;;;;;;;;;;;;;;;;;;;;/q;;;;;;;;;;;;;;;;;;;;;;;;;;;;;;;;;;;;;;;;;;;;;;;;;;;;;;;;;;;;;;;;;;;;;;;;;;;;;;;;;;;;;;;;;;;;;;;;;;;;;;;;4*+1;4*-1. The van der Waals surface area contributed by atoms with Crippen molar-refractivity contribution < 1.29 is 211 Å². The van der Waals surface area contributed by atoms with E-state index in [0.29, 0.717) is 0 Å². The van der Waals surface area contributed by atoms with E-state index in [2.05, 4.69) is 0 Å². The normalized spacial score (nSPS) is 3.63. The Morgan fingerprint density at radius 1 is 0.0463 bits per heavy atom. The van der Waals surface area contributed by atoms with E-state index in [1.54, 1.807) is 0 Å². The Bertz CT molecular complexity index is 58.3. The molecule has 0 amide bonds. The van der Waals surface area contributed by atoms with Crippen LogP contribution in [0.4, 0.5) is 0 Å². The number of rotatable bonds is 0. The molecule has 154 valence electrons. The summed E-state index contributed by atoms with van der Waals surface area (Å²) in [6.07, 6.45) is 0. The Morgan fingerprint density at radius 3 is 0.0463 bits per heavy atom. The third-order valence-corrected chi connectivity index (χ3v) is 0. The Morgan fingerprint density at radius 2 is 0.0463 bits per heavy atom. The third kappa shape index (κ3) is 724. The van der Waals surface area contributed by atoms with Gasteiger partial charge in [0.05, 0.1) is 0 Å². The van der Waals surface area contributed by atoms with E-state index in [-0.39, 0.29) is 256 Å². The minimum atomic E-state index is 0. The van der Waals surface area contributed by atoms with Crippen molar-refractivity contribution in [1.82, 2.24) is 0 Å². The van der Waals surface area contributed by atoms with E-state index >= 15 is 0 Å². The molecule has 0 aliphatic heterocycles. The van der Waals surface area contributed by atoms with Gasteiger partial charge in [-0.25, -0.2) is 0 Å². The molecule has 0 bridgehead atoms. The summed E-state index contributed by atoms with van der Waals surface area (Å²) in [6, 6.07) is 0.